The molecule has 6 nitrogen and oxygen atoms in total. The molecule has 2 N–H and O–H groups in total. The van der Waals surface area contributed by atoms with Crippen molar-refractivity contribution in [1.82, 2.24) is 15.2 Å². The van der Waals surface area contributed by atoms with E-state index in [0.717, 1.165) is 31.3 Å². The van der Waals surface area contributed by atoms with Crippen molar-refractivity contribution in [2.45, 2.75) is 38.3 Å². The van der Waals surface area contributed by atoms with Gasteiger partial charge in [0.25, 0.3) is 5.56 Å². The lowest BCUT2D eigenvalue weighted by atomic mass is 10.1. The highest BCUT2D eigenvalue weighted by Gasteiger charge is 2.16. The summed E-state index contributed by atoms with van der Waals surface area (Å²) in [5.74, 6) is -0.405. The largest absolute Gasteiger partial charge is 0.378 e. The van der Waals surface area contributed by atoms with Gasteiger partial charge in [0.05, 0.1) is 11.6 Å². The summed E-state index contributed by atoms with van der Waals surface area (Å²) in [6, 6.07) is 5.65. The van der Waals surface area contributed by atoms with Gasteiger partial charge < -0.3 is 19.9 Å². The van der Waals surface area contributed by atoms with E-state index in [9.17, 15) is 14.0 Å². The van der Waals surface area contributed by atoms with Crippen molar-refractivity contribution in [2.24, 2.45) is 0 Å². The molecule has 0 unspecified atom stereocenters. The Bertz CT molecular complexity index is 830. The molecule has 1 aromatic heterocycles. The molecule has 1 saturated heterocycles. The summed E-state index contributed by atoms with van der Waals surface area (Å²) in [5, 5.41) is 3.48. The third-order valence-electron chi connectivity index (χ3n) is 4.72. The van der Waals surface area contributed by atoms with Gasteiger partial charge in [0.15, 0.2) is 0 Å². The molecule has 1 aromatic carbocycles. The van der Waals surface area contributed by atoms with Gasteiger partial charge in [-0.3, -0.25) is 4.79 Å². The smallest absolute Gasteiger partial charge is 0.317 e. The minimum Gasteiger partial charge on any atom is -0.378 e. The zero-order valence-electron chi connectivity index (χ0n) is 14.9. The number of halogens is 1. The number of carbonyl (C=O) groups is 1. The van der Waals surface area contributed by atoms with Gasteiger partial charge in [-0.25, -0.2) is 9.18 Å². The second-order valence-corrected chi connectivity index (χ2v) is 6.71. The SMILES string of the molecule is CN(CC[C@@H]1CCCCO1)C(=O)NCc1cc2ccc(F)cc2[nH]c1=O. The number of amides is 2. The van der Waals surface area contributed by atoms with E-state index in [4.69, 9.17) is 4.74 Å². The molecule has 0 spiro atoms. The van der Waals surface area contributed by atoms with Crippen LogP contribution in [0.3, 0.4) is 0 Å². The van der Waals surface area contributed by atoms with Gasteiger partial charge in [-0.1, -0.05) is 0 Å². The summed E-state index contributed by atoms with van der Waals surface area (Å²) >= 11 is 0. The molecule has 1 atom stereocenters. The molecule has 1 aliphatic heterocycles. The predicted octanol–water partition coefficient (Wildman–Crippen LogP) is 2.77. The second-order valence-electron chi connectivity index (χ2n) is 6.71. The Morgan fingerprint density at radius 1 is 1.38 bits per heavy atom. The Morgan fingerprint density at radius 2 is 2.23 bits per heavy atom. The molecule has 1 fully saturated rings. The monoisotopic (exact) mass is 361 g/mol. The van der Waals surface area contributed by atoms with Crippen LogP contribution in [0.4, 0.5) is 9.18 Å². The van der Waals surface area contributed by atoms with Crippen LogP contribution in [0.5, 0.6) is 0 Å². The molecule has 26 heavy (non-hydrogen) atoms. The fourth-order valence-electron chi connectivity index (χ4n) is 3.13. The maximum Gasteiger partial charge on any atom is 0.317 e. The van der Waals surface area contributed by atoms with E-state index in [2.05, 4.69) is 10.3 Å². The van der Waals surface area contributed by atoms with Crippen molar-refractivity contribution in [3.05, 3.63) is 46.0 Å². The lowest BCUT2D eigenvalue weighted by Gasteiger charge is -2.25. The number of aromatic nitrogens is 1. The summed E-state index contributed by atoms with van der Waals surface area (Å²) in [7, 11) is 1.73. The number of fused-ring (bicyclic) bond motifs is 1. The summed E-state index contributed by atoms with van der Waals surface area (Å²) in [5.41, 5.74) is 0.540. The number of nitrogens with one attached hydrogen (secondary N) is 2. The Morgan fingerprint density at radius 3 is 3.00 bits per heavy atom. The Hall–Kier alpha value is -2.41. The van der Waals surface area contributed by atoms with Gasteiger partial charge in [-0.2, -0.15) is 0 Å². The number of nitrogens with zero attached hydrogens (tertiary/aromatic N) is 1. The van der Waals surface area contributed by atoms with Crippen LogP contribution in [0.25, 0.3) is 10.9 Å². The average Bonchev–Trinajstić information content (AvgIpc) is 2.65. The minimum atomic E-state index is -0.405. The molecule has 0 radical (unpaired) electrons. The number of rotatable bonds is 5. The van der Waals surface area contributed by atoms with E-state index in [1.54, 1.807) is 24.1 Å². The highest BCUT2D eigenvalue weighted by Crippen LogP contribution is 2.16. The van der Waals surface area contributed by atoms with Crippen LogP contribution in [0.1, 0.15) is 31.2 Å². The first-order chi connectivity index (χ1) is 12.5. The number of benzene rings is 1. The first-order valence-corrected chi connectivity index (χ1v) is 8.95. The molecule has 2 amide bonds. The molecule has 3 rings (SSSR count). The molecule has 7 heteroatoms. The Kier molecular flexibility index (Phi) is 5.88. The van der Waals surface area contributed by atoms with E-state index >= 15 is 0 Å². The van der Waals surface area contributed by atoms with E-state index in [0.29, 0.717) is 17.6 Å². The van der Waals surface area contributed by atoms with Gasteiger partial charge in [-0.15, -0.1) is 0 Å². The zero-order valence-corrected chi connectivity index (χ0v) is 14.9. The topological polar surface area (TPSA) is 74.4 Å². The maximum absolute atomic E-state index is 13.2. The second kappa shape index (κ2) is 8.31. The maximum atomic E-state index is 13.2. The number of carbonyl (C=O) groups excluding carboxylic acids is 1. The molecule has 0 bridgehead atoms. The fraction of sp³-hybridized carbons (Fsp3) is 0.474. The third kappa shape index (κ3) is 4.60. The van der Waals surface area contributed by atoms with Crippen molar-refractivity contribution >= 4 is 16.9 Å². The van der Waals surface area contributed by atoms with Crippen LogP contribution in [-0.4, -0.2) is 42.2 Å². The summed E-state index contributed by atoms with van der Waals surface area (Å²) in [4.78, 5) is 28.6. The van der Waals surface area contributed by atoms with Crippen LogP contribution in [-0.2, 0) is 11.3 Å². The highest BCUT2D eigenvalue weighted by molar-refractivity contribution is 5.79. The number of ether oxygens (including phenoxy) is 1. The Labute approximate surface area is 151 Å². The van der Waals surface area contributed by atoms with E-state index in [1.807, 2.05) is 0 Å². The van der Waals surface area contributed by atoms with Crippen molar-refractivity contribution in [2.75, 3.05) is 20.2 Å². The van der Waals surface area contributed by atoms with Gasteiger partial charge >= 0.3 is 6.03 Å². The van der Waals surface area contributed by atoms with Gasteiger partial charge in [0, 0.05) is 32.3 Å². The summed E-state index contributed by atoms with van der Waals surface area (Å²) in [6.45, 7) is 1.52. The highest BCUT2D eigenvalue weighted by atomic mass is 19.1. The number of pyridine rings is 1. The number of hydrogen-bond acceptors (Lipinski definition) is 3. The first-order valence-electron chi connectivity index (χ1n) is 8.95. The fourth-order valence-corrected chi connectivity index (χ4v) is 3.13. The zero-order chi connectivity index (χ0) is 18.5. The van der Waals surface area contributed by atoms with Crippen LogP contribution >= 0.6 is 0 Å². The summed E-state index contributed by atoms with van der Waals surface area (Å²) < 4.78 is 18.9. The van der Waals surface area contributed by atoms with Crippen LogP contribution in [0.2, 0.25) is 0 Å². The van der Waals surface area contributed by atoms with E-state index < -0.39 is 5.82 Å². The normalized spacial score (nSPS) is 17.2. The van der Waals surface area contributed by atoms with Crippen molar-refractivity contribution in [1.29, 1.82) is 0 Å². The van der Waals surface area contributed by atoms with Gasteiger partial charge in [0.1, 0.15) is 5.82 Å². The third-order valence-corrected chi connectivity index (χ3v) is 4.72. The summed E-state index contributed by atoms with van der Waals surface area (Å²) in [6.07, 6.45) is 4.37. The van der Waals surface area contributed by atoms with Gasteiger partial charge in [0.2, 0.25) is 0 Å². The lowest BCUT2D eigenvalue weighted by Crippen LogP contribution is -2.39. The predicted molar refractivity (Wildman–Crippen MR) is 97.6 cm³/mol. The number of H-pyrrole nitrogens is 1. The van der Waals surface area contributed by atoms with E-state index in [1.165, 1.54) is 18.6 Å². The molecule has 2 aromatic rings. The first kappa shape index (κ1) is 18.4. The minimum absolute atomic E-state index is 0.117. The van der Waals surface area contributed by atoms with Crippen LogP contribution in [0.15, 0.2) is 29.1 Å². The van der Waals surface area contributed by atoms with Crippen molar-refractivity contribution in [3.8, 4) is 0 Å². The average molecular weight is 361 g/mol. The molecule has 1 aliphatic rings. The molecular formula is C19H24FN3O3. The van der Waals surface area contributed by atoms with Crippen molar-refractivity contribution < 1.29 is 13.9 Å². The number of aromatic amines is 1. The lowest BCUT2D eigenvalue weighted by molar-refractivity contribution is 0.00827. The number of urea groups is 1. The van der Waals surface area contributed by atoms with Crippen molar-refractivity contribution in [3.63, 3.8) is 0 Å². The molecular weight excluding hydrogens is 337 g/mol. The van der Waals surface area contributed by atoms with Crippen LogP contribution in [0, 0.1) is 5.82 Å². The molecule has 140 valence electrons. The van der Waals surface area contributed by atoms with E-state index in [-0.39, 0.29) is 24.2 Å². The Balaban J connectivity index is 1.55. The van der Waals surface area contributed by atoms with Crippen LogP contribution < -0.4 is 10.9 Å². The molecule has 0 saturated carbocycles. The molecule has 2 heterocycles. The molecule has 0 aliphatic carbocycles. The number of hydrogen-bond donors (Lipinski definition) is 2. The quantitative estimate of drug-likeness (QED) is 0.860. The van der Waals surface area contributed by atoms with Gasteiger partial charge in [-0.05, 0) is 55.3 Å². The standard InChI is InChI=1S/C19H24FN3O3/c1-23(8-7-16-4-2-3-9-26-16)19(25)21-12-14-10-13-5-6-15(20)11-17(13)22-18(14)24/h5-6,10-11,16H,2-4,7-9,12H2,1H3,(H,21,25)(H,22,24)/t16-/m0/s1.